The molecule has 5 rings (SSSR count). The van der Waals surface area contributed by atoms with Crippen molar-refractivity contribution in [2.24, 2.45) is 0 Å². The van der Waals surface area contributed by atoms with Crippen LogP contribution in [0.3, 0.4) is 0 Å². The molecule has 0 bridgehead atoms. The fourth-order valence-corrected chi connectivity index (χ4v) is 5.58. The van der Waals surface area contributed by atoms with Crippen molar-refractivity contribution < 1.29 is 4.79 Å². The van der Waals surface area contributed by atoms with Crippen molar-refractivity contribution in [2.75, 3.05) is 0 Å². The smallest absolute Gasteiger partial charge is 0.274 e. The van der Waals surface area contributed by atoms with Crippen LogP contribution in [0, 0.1) is 0 Å². The Morgan fingerprint density at radius 1 is 0.667 bits per heavy atom. The second-order valence-corrected chi connectivity index (χ2v) is 9.48. The van der Waals surface area contributed by atoms with Gasteiger partial charge in [-0.2, -0.15) is 0 Å². The molecule has 2 fully saturated rings. The molecule has 3 aromatic rings. The van der Waals surface area contributed by atoms with Gasteiger partial charge in [0.2, 0.25) is 0 Å². The molecular formula is C29H33N3O. The molecule has 33 heavy (non-hydrogen) atoms. The van der Waals surface area contributed by atoms with Crippen LogP contribution in [0.1, 0.15) is 74.7 Å². The summed E-state index contributed by atoms with van der Waals surface area (Å²) in [5.74, 6) is 0.0677. The van der Waals surface area contributed by atoms with E-state index in [4.69, 9.17) is 9.97 Å². The molecule has 0 spiro atoms. The molecule has 170 valence electrons. The Morgan fingerprint density at radius 3 is 1.67 bits per heavy atom. The zero-order valence-electron chi connectivity index (χ0n) is 19.3. The van der Waals surface area contributed by atoms with Crippen molar-refractivity contribution in [3.8, 4) is 22.5 Å². The standard InChI is InChI=1S/C29H33N3O/c33-29(32(24-17-9-3-10-18-24)25-19-11-4-12-20-25)26-21-30-27(22-13-5-1-6-14-22)28(31-26)23-15-7-2-8-16-23/h1-2,5-8,13-16,21,24-25H,3-4,9-12,17-20H2. The Kier molecular flexibility index (Phi) is 6.80. The lowest BCUT2D eigenvalue weighted by atomic mass is 9.88. The Balaban J connectivity index is 1.55. The van der Waals surface area contributed by atoms with Crippen LogP contribution in [-0.4, -0.2) is 32.9 Å². The van der Waals surface area contributed by atoms with Crippen LogP contribution in [0.5, 0.6) is 0 Å². The number of carbonyl (C=O) groups is 1. The summed E-state index contributed by atoms with van der Waals surface area (Å²) in [7, 11) is 0. The Hall–Kier alpha value is -3.01. The molecular weight excluding hydrogens is 406 g/mol. The summed E-state index contributed by atoms with van der Waals surface area (Å²) in [6, 6.07) is 20.9. The predicted octanol–water partition coefficient (Wildman–Crippen LogP) is 6.92. The summed E-state index contributed by atoms with van der Waals surface area (Å²) in [6.45, 7) is 0. The number of amides is 1. The molecule has 2 aromatic carbocycles. The summed E-state index contributed by atoms with van der Waals surface area (Å²) in [5, 5.41) is 0. The summed E-state index contributed by atoms with van der Waals surface area (Å²) < 4.78 is 0. The highest BCUT2D eigenvalue weighted by atomic mass is 16.2. The summed E-state index contributed by atoms with van der Waals surface area (Å²) in [6.07, 6.45) is 13.6. The normalized spacial score (nSPS) is 17.6. The average molecular weight is 440 g/mol. The fourth-order valence-electron chi connectivity index (χ4n) is 5.58. The quantitative estimate of drug-likeness (QED) is 0.433. The van der Waals surface area contributed by atoms with Crippen LogP contribution in [0.15, 0.2) is 66.9 Å². The van der Waals surface area contributed by atoms with Crippen LogP contribution < -0.4 is 0 Å². The molecule has 1 heterocycles. The minimum absolute atomic E-state index is 0.0677. The molecule has 2 aliphatic rings. The van der Waals surface area contributed by atoms with Gasteiger partial charge in [0.05, 0.1) is 17.6 Å². The largest absolute Gasteiger partial charge is 0.331 e. The molecule has 1 amide bonds. The number of nitrogens with zero attached hydrogens (tertiary/aromatic N) is 3. The minimum Gasteiger partial charge on any atom is -0.331 e. The molecule has 1 aromatic heterocycles. The Morgan fingerprint density at radius 2 is 1.15 bits per heavy atom. The van der Waals surface area contributed by atoms with Gasteiger partial charge in [0.15, 0.2) is 0 Å². The summed E-state index contributed by atoms with van der Waals surface area (Å²) in [4.78, 5) is 26.0. The highest BCUT2D eigenvalue weighted by Gasteiger charge is 2.34. The lowest BCUT2D eigenvalue weighted by molar-refractivity contribution is 0.0442. The summed E-state index contributed by atoms with van der Waals surface area (Å²) >= 11 is 0. The van der Waals surface area contributed by atoms with E-state index in [9.17, 15) is 4.79 Å². The predicted molar refractivity (Wildman–Crippen MR) is 133 cm³/mol. The van der Waals surface area contributed by atoms with Gasteiger partial charge in [0, 0.05) is 23.2 Å². The number of aromatic nitrogens is 2. The van der Waals surface area contributed by atoms with Gasteiger partial charge in [0.1, 0.15) is 5.69 Å². The van der Waals surface area contributed by atoms with E-state index in [0.717, 1.165) is 48.2 Å². The molecule has 0 saturated heterocycles. The first-order valence-electron chi connectivity index (χ1n) is 12.6. The molecule has 0 aliphatic heterocycles. The van der Waals surface area contributed by atoms with Crippen molar-refractivity contribution in [1.82, 2.24) is 14.9 Å². The van der Waals surface area contributed by atoms with Crippen molar-refractivity contribution in [2.45, 2.75) is 76.3 Å². The highest BCUT2D eigenvalue weighted by molar-refractivity contribution is 5.94. The lowest BCUT2D eigenvalue weighted by Crippen LogP contribution is -2.49. The van der Waals surface area contributed by atoms with Crippen molar-refractivity contribution in [1.29, 1.82) is 0 Å². The van der Waals surface area contributed by atoms with Crippen molar-refractivity contribution in [3.63, 3.8) is 0 Å². The van der Waals surface area contributed by atoms with E-state index in [1.807, 2.05) is 60.7 Å². The molecule has 0 N–H and O–H groups in total. The number of carbonyl (C=O) groups excluding carboxylic acids is 1. The van der Waals surface area contributed by atoms with Crippen molar-refractivity contribution >= 4 is 5.91 Å². The minimum atomic E-state index is 0.0677. The van der Waals surface area contributed by atoms with Gasteiger partial charge in [-0.1, -0.05) is 99.2 Å². The molecule has 0 radical (unpaired) electrons. The van der Waals surface area contributed by atoms with Gasteiger partial charge < -0.3 is 4.90 Å². The maximum Gasteiger partial charge on any atom is 0.274 e. The third-order valence-electron chi connectivity index (χ3n) is 7.26. The molecule has 0 atom stereocenters. The van der Waals surface area contributed by atoms with Gasteiger partial charge in [-0.25, -0.2) is 4.98 Å². The highest BCUT2D eigenvalue weighted by Crippen LogP contribution is 2.33. The van der Waals surface area contributed by atoms with E-state index in [-0.39, 0.29) is 5.91 Å². The number of hydrogen-bond donors (Lipinski definition) is 0. The van der Waals surface area contributed by atoms with Gasteiger partial charge in [-0.15, -0.1) is 0 Å². The van der Waals surface area contributed by atoms with Crippen LogP contribution in [0.2, 0.25) is 0 Å². The van der Waals surface area contributed by atoms with E-state index in [2.05, 4.69) is 4.90 Å². The third kappa shape index (κ3) is 4.85. The first kappa shape index (κ1) is 21.8. The van der Waals surface area contributed by atoms with E-state index in [1.165, 1.54) is 38.5 Å². The average Bonchev–Trinajstić information content (AvgIpc) is 2.91. The van der Waals surface area contributed by atoms with E-state index < -0.39 is 0 Å². The van der Waals surface area contributed by atoms with Crippen LogP contribution in [0.4, 0.5) is 0 Å². The Labute approximate surface area is 197 Å². The lowest BCUT2D eigenvalue weighted by Gasteiger charge is -2.41. The number of benzene rings is 2. The van der Waals surface area contributed by atoms with Crippen molar-refractivity contribution in [3.05, 3.63) is 72.6 Å². The maximum absolute atomic E-state index is 14.0. The maximum atomic E-state index is 14.0. The van der Waals surface area contributed by atoms with Gasteiger partial charge >= 0.3 is 0 Å². The van der Waals surface area contributed by atoms with Crippen LogP contribution >= 0.6 is 0 Å². The SMILES string of the molecule is O=C(c1cnc(-c2ccccc2)c(-c2ccccc2)n1)N(C1CCCCC1)C1CCCCC1. The van der Waals surface area contributed by atoms with Crippen LogP contribution in [-0.2, 0) is 0 Å². The summed E-state index contributed by atoms with van der Waals surface area (Å²) in [5.41, 5.74) is 4.07. The second kappa shape index (κ2) is 10.3. The van der Waals surface area contributed by atoms with Gasteiger partial charge in [-0.05, 0) is 25.7 Å². The third-order valence-corrected chi connectivity index (χ3v) is 7.26. The number of hydrogen-bond acceptors (Lipinski definition) is 3. The van der Waals surface area contributed by atoms with Gasteiger partial charge in [0.25, 0.3) is 5.91 Å². The molecule has 4 heteroatoms. The molecule has 2 aliphatic carbocycles. The first-order chi connectivity index (χ1) is 16.3. The van der Waals surface area contributed by atoms with E-state index in [1.54, 1.807) is 6.20 Å². The zero-order valence-corrected chi connectivity index (χ0v) is 19.3. The second-order valence-electron chi connectivity index (χ2n) is 9.48. The fraction of sp³-hybridized carbons (Fsp3) is 0.414. The van der Waals surface area contributed by atoms with Gasteiger partial charge in [-0.3, -0.25) is 9.78 Å². The molecule has 4 nitrogen and oxygen atoms in total. The monoisotopic (exact) mass is 439 g/mol. The first-order valence-corrected chi connectivity index (χ1v) is 12.6. The number of rotatable bonds is 5. The van der Waals surface area contributed by atoms with E-state index >= 15 is 0 Å². The zero-order chi connectivity index (χ0) is 22.5. The van der Waals surface area contributed by atoms with E-state index in [0.29, 0.717) is 17.8 Å². The topological polar surface area (TPSA) is 46.1 Å². The molecule has 2 saturated carbocycles. The van der Waals surface area contributed by atoms with Crippen LogP contribution in [0.25, 0.3) is 22.5 Å². The Bertz CT molecular complexity index is 1040. The molecule has 0 unspecified atom stereocenters.